The van der Waals surface area contributed by atoms with Gasteiger partial charge in [-0.15, -0.1) is 0 Å². The zero-order valence-electron chi connectivity index (χ0n) is 13.2. The van der Waals surface area contributed by atoms with Gasteiger partial charge in [-0.3, -0.25) is 0 Å². The van der Waals surface area contributed by atoms with E-state index in [1.54, 1.807) is 0 Å². The fourth-order valence-corrected chi connectivity index (χ4v) is 2.70. The summed E-state index contributed by atoms with van der Waals surface area (Å²) in [7, 11) is 0. The molecular formula is C20H25F. The molecule has 0 heterocycles. The predicted octanol–water partition coefficient (Wildman–Crippen LogP) is 5.57. The molecule has 0 aromatic heterocycles. The lowest BCUT2D eigenvalue weighted by molar-refractivity contribution is 0.217. The zero-order chi connectivity index (χ0) is 15.3. The molecule has 1 aromatic rings. The van der Waals surface area contributed by atoms with Gasteiger partial charge in [-0.05, 0) is 41.9 Å². The number of alkyl halides is 1. The number of hydrogen-bond donors (Lipinski definition) is 0. The highest BCUT2D eigenvalue weighted by atomic mass is 19.1. The van der Waals surface area contributed by atoms with Crippen LogP contribution in [0.3, 0.4) is 0 Å². The Kier molecular flexibility index (Phi) is 5.23. The molecule has 112 valence electrons. The lowest BCUT2D eigenvalue weighted by atomic mass is 9.88. The van der Waals surface area contributed by atoms with Gasteiger partial charge in [-0.1, -0.05) is 63.0 Å². The molecule has 0 saturated heterocycles. The van der Waals surface area contributed by atoms with Crippen molar-refractivity contribution < 1.29 is 4.39 Å². The van der Waals surface area contributed by atoms with Crippen LogP contribution in [0.15, 0.2) is 30.8 Å². The first-order valence-corrected chi connectivity index (χ1v) is 7.97. The van der Waals surface area contributed by atoms with Gasteiger partial charge in [0.2, 0.25) is 0 Å². The minimum atomic E-state index is -1.35. The first-order valence-electron chi connectivity index (χ1n) is 7.97. The van der Waals surface area contributed by atoms with E-state index in [4.69, 9.17) is 0 Å². The molecule has 1 unspecified atom stereocenters. The van der Waals surface area contributed by atoms with E-state index in [0.29, 0.717) is 18.8 Å². The van der Waals surface area contributed by atoms with Gasteiger partial charge in [0.15, 0.2) is 5.67 Å². The molecule has 0 spiro atoms. The summed E-state index contributed by atoms with van der Waals surface area (Å²) in [6, 6.07) is 8.14. The van der Waals surface area contributed by atoms with Crippen LogP contribution >= 0.6 is 0 Å². The largest absolute Gasteiger partial charge is 0.229 e. The number of hydrogen-bond acceptors (Lipinski definition) is 0. The Balaban J connectivity index is 2.10. The summed E-state index contributed by atoms with van der Waals surface area (Å²) < 4.78 is 14.9. The minimum absolute atomic E-state index is 0.397. The molecule has 21 heavy (non-hydrogen) atoms. The smallest absolute Gasteiger partial charge is 0.174 e. The summed E-state index contributed by atoms with van der Waals surface area (Å²) in [4.78, 5) is 0. The van der Waals surface area contributed by atoms with Crippen molar-refractivity contribution in [2.45, 2.75) is 58.0 Å². The minimum Gasteiger partial charge on any atom is -0.229 e. The van der Waals surface area contributed by atoms with Gasteiger partial charge in [-0.2, -0.15) is 0 Å². The van der Waals surface area contributed by atoms with Gasteiger partial charge in [0.1, 0.15) is 0 Å². The number of allylic oxidation sites excluding steroid dienone is 1. The molecule has 0 radical (unpaired) electrons. The van der Waals surface area contributed by atoms with Crippen LogP contribution in [0.4, 0.5) is 4.39 Å². The molecule has 0 N–H and O–H groups in total. The van der Waals surface area contributed by atoms with Crippen molar-refractivity contribution in [3.63, 3.8) is 0 Å². The van der Waals surface area contributed by atoms with E-state index >= 15 is 0 Å². The zero-order valence-corrected chi connectivity index (χ0v) is 13.2. The summed E-state index contributed by atoms with van der Waals surface area (Å²) >= 11 is 0. The van der Waals surface area contributed by atoms with Crippen LogP contribution in [-0.4, -0.2) is 5.67 Å². The fraction of sp³-hybridized carbons (Fsp3) is 0.500. The van der Waals surface area contributed by atoms with Crippen molar-refractivity contribution in [3.05, 3.63) is 42.0 Å². The van der Waals surface area contributed by atoms with E-state index in [2.05, 4.69) is 44.4 Å². The Morgan fingerprint density at radius 1 is 1.24 bits per heavy atom. The monoisotopic (exact) mass is 284 g/mol. The normalized spacial score (nSPS) is 22.1. The maximum Gasteiger partial charge on any atom is 0.174 e. The van der Waals surface area contributed by atoms with Crippen LogP contribution in [0.2, 0.25) is 0 Å². The van der Waals surface area contributed by atoms with Crippen molar-refractivity contribution in [3.8, 4) is 11.8 Å². The highest BCUT2D eigenvalue weighted by Gasteiger charge is 2.27. The van der Waals surface area contributed by atoms with E-state index in [1.165, 1.54) is 0 Å². The first-order chi connectivity index (χ1) is 10.0. The van der Waals surface area contributed by atoms with Crippen molar-refractivity contribution in [1.29, 1.82) is 0 Å². The maximum atomic E-state index is 14.9. The predicted molar refractivity (Wildman–Crippen MR) is 88.7 cm³/mol. The Morgan fingerprint density at radius 3 is 2.62 bits per heavy atom. The van der Waals surface area contributed by atoms with Crippen LogP contribution in [0.5, 0.6) is 0 Å². The van der Waals surface area contributed by atoms with E-state index in [9.17, 15) is 4.39 Å². The summed E-state index contributed by atoms with van der Waals surface area (Å²) in [6.45, 7) is 8.38. The highest BCUT2D eigenvalue weighted by Crippen LogP contribution is 2.27. The van der Waals surface area contributed by atoms with Gasteiger partial charge in [0, 0.05) is 12.8 Å². The van der Waals surface area contributed by atoms with E-state index in [-0.39, 0.29) is 0 Å². The van der Waals surface area contributed by atoms with Crippen LogP contribution in [0, 0.1) is 17.8 Å². The Labute approximate surface area is 128 Å². The van der Waals surface area contributed by atoms with Crippen molar-refractivity contribution in [2.75, 3.05) is 0 Å². The van der Waals surface area contributed by atoms with Gasteiger partial charge < -0.3 is 0 Å². The average molecular weight is 284 g/mol. The van der Waals surface area contributed by atoms with Crippen LogP contribution in [0.1, 0.15) is 57.1 Å². The van der Waals surface area contributed by atoms with E-state index in [1.807, 2.05) is 12.1 Å². The fourth-order valence-electron chi connectivity index (χ4n) is 2.70. The van der Waals surface area contributed by atoms with Gasteiger partial charge >= 0.3 is 0 Å². The third kappa shape index (κ3) is 4.46. The molecule has 0 amide bonds. The second-order valence-corrected chi connectivity index (χ2v) is 6.38. The SMILES string of the molecule is C=C(c1ccc(CC2(F)C#CCCCCC2)cc1)C(C)C. The Hall–Kier alpha value is -1.55. The third-order valence-corrected chi connectivity index (χ3v) is 4.19. The molecule has 1 atom stereocenters. The second kappa shape index (κ2) is 6.94. The summed E-state index contributed by atoms with van der Waals surface area (Å²) in [5, 5.41) is 0. The van der Waals surface area contributed by atoms with Crippen LogP contribution < -0.4 is 0 Å². The maximum absolute atomic E-state index is 14.9. The molecule has 0 fully saturated rings. The molecule has 1 aliphatic rings. The molecule has 1 heteroatoms. The van der Waals surface area contributed by atoms with Crippen LogP contribution in [0.25, 0.3) is 5.57 Å². The summed E-state index contributed by atoms with van der Waals surface area (Å²) in [5.74, 6) is 6.30. The number of rotatable bonds is 4. The second-order valence-electron chi connectivity index (χ2n) is 6.38. The van der Waals surface area contributed by atoms with Crippen molar-refractivity contribution in [1.82, 2.24) is 0 Å². The number of benzene rings is 1. The molecular weight excluding hydrogens is 259 g/mol. The highest BCUT2D eigenvalue weighted by molar-refractivity contribution is 5.64. The molecule has 1 aliphatic carbocycles. The van der Waals surface area contributed by atoms with Crippen molar-refractivity contribution >= 4 is 5.57 Å². The topological polar surface area (TPSA) is 0 Å². The Bertz CT molecular complexity index is 541. The third-order valence-electron chi connectivity index (χ3n) is 4.19. The lowest BCUT2D eigenvalue weighted by Crippen LogP contribution is -2.24. The first kappa shape index (κ1) is 15.8. The molecule has 0 aliphatic heterocycles. The van der Waals surface area contributed by atoms with Gasteiger partial charge in [-0.25, -0.2) is 4.39 Å². The van der Waals surface area contributed by atoms with Gasteiger partial charge in [0.25, 0.3) is 0 Å². The number of halogens is 1. The molecule has 1 aromatic carbocycles. The van der Waals surface area contributed by atoms with E-state index in [0.717, 1.165) is 42.4 Å². The Morgan fingerprint density at radius 2 is 1.95 bits per heavy atom. The van der Waals surface area contributed by atoms with E-state index < -0.39 is 5.67 Å². The molecule has 0 nitrogen and oxygen atoms in total. The summed E-state index contributed by atoms with van der Waals surface area (Å²) in [5.41, 5.74) is 1.94. The molecule has 0 bridgehead atoms. The van der Waals surface area contributed by atoms with Crippen LogP contribution in [-0.2, 0) is 6.42 Å². The lowest BCUT2D eigenvalue weighted by Gasteiger charge is -2.21. The quantitative estimate of drug-likeness (QED) is 0.634. The standard InChI is InChI=1S/C20H25F/c1-16(2)17(3)19-11-9-18(10-12-19)15-20(21)13-7-5-4-6-8-14-20/h9-12,16H,3-7,13,15H2,1-2H3. The molecule has 2 rings (SSSR count). The average Bonchev–Trinajstić information content (AvgIpc) is 2.43. The molecule has 0 saturated carbocycles. The van der Waals surface area contributed by atoms with Gasteiger partial charge in [0.05, 0.1) is 0 Å². The summed E-state index contributed by atoms with van der Waals surface area (Å²) in [6.07, 6.45) is 4.92. The van der Waals surface area contributed by atoms with Crippen molar-refractivity contribution in [2.24, 2.45) is 5.92 Å².